The molecule has 4 aromatic rings. The minimum absolute atomic E-state index is 0.0533. The number of ether oxygens (including phenoxy) is 4. The summed E-state index contributed by atoms with van der Waals surface area (Å²) in [7, 11) is 0. The first kappa shape index (κ1) is 34.6. The second-order valence-electron chi connectivity index (χ2n) is 10.4. The van der Waals surface area contributed by atoms with Crippen LogP contribution in [-0.4, -0.2) is 31.6 Å². The van der Waals surface area contributed by atoms with Crippen molar-refractivity contribution in [1.82, 2.24) is 0 Å². The lowest BCUT2D eigenvalue weighted by molar-refractivity contribution is -0.138. The van der Waals surface area contributed by atoms with Gasteiger partial charge in [-0.3, -0.25) is 4.79 Å². The Hall–Kier alpha value is -6.31. The number of carbonyl (C=O) groups excluding carboxylic acids is 3. The third-order valence-corrected chi connectivity index (χ3v) is 6.93. The summed E-state index contributed by atoms with van der Waals surface area (Å²) in [6, 6.07) is 28.8. The van der Waals surface area contributed by atoms with Gasteiger partial charge in [-0.25, -0.2) is 9.59 Å². The summed E-state index contributed by atoms with van der Waals surface area (Å²) in [5, 5.41) is 0. The van der Waals surface area contributed by atoms with E-state index in [-0.39, 0.29) is 13.2 Å². The molecule has 48 heavy (non-hydrogen) atoms. The largest absolute Gasteiger partial charge is 0.488 e. The fraction of sp³-hybridized carbons (Fsp3) is 0.146. The third kappa shape index (κ3) is 11.6. The fourth-order valence-electron chi connectivity index (χ4n) is 4.33. The highest BCUT2D eigenvalue weighted by Gasteiger charge is 2.07. The quantitative estimate of drug-likeness (QED) is 0.0528. The summed E-state index contributed by atoms with van der Waals surface area (Å²) in [5.74, 6) is 12.4. The van der Waals surface area contributed by atoms with E-state index < -0.39 is 11.9 Å². The first-order valence-electron chi connectivity index (χ1n) is 15.2. The van der Waals surface area contributed by atoms with Crippen LogP contribution in [0.15, 0.2) is 116 Å². The molecule has 4 aromatic carbocycles. The topological polar surface area (TPSA) is 88.1 Å². The Morgan fingerprint density at radius 2 is 1.02 bits per heavy atom. The van der Waals surface area contributed by atoms with Crippen molar-refractivity contribution in [3.8, 4) is 29.4 Å². The van der Waals surface area contributed by atoms with E-state index in [9.17, 15) is 14.4 Å². The molecule has 0 atom stereocenters. The smallest absolute Gasteiger partial charge is 0.330 e. The van der Waals surface area contributed by atoms with Gasteiger partial charge >= 0.3 is 11.9 Å². The van der Waals surface area contributed by atoms with E-state index in [0.29, 0.717) is 43.8 Å². The lowest BCUT2D eigenvalue weighted by Gasteiger charge is -2.12. The number of hydrogen-bond acceptors (Lipinski definition) is 7. The van der Waals surface area contributed by atoms with Crippen LogP contribution in [0.5, 0.6) is 5.75 Å². The number of carbonyl (C=O) groups is 3. The highest BCUT2D eigenvalue weighted by molar-refractivity contribution is 5.81. The lowest BCUT2D eigenvalue weighted by atomic mass is 10.1. The van der Waals surface area contributed by atoms with Crippen LogP contribution in [0, 0.1) is 23.7 Å². The van der Waals surface area contributed by atoms with E-state index in [4.69, 9.17) is 18.9 Å². The third-order valence-electron chi connectivity index (χ3n) is 6.93. The summed E-state index contributed by atoms with van der Waals surface area (Å²) in [6.07, 6.45) is 3.52. The van der Waals surface area contributed by atoms with Crippen molar-refractivity contribution < 1.29 is 33.3 Å². The van der Waals surface area contributed by atoms with E-state index in [2.05, 4.69) is 36.8 Å². The van der Waals surface area contributed by atoms with E-state index in [0.717, 1.165) is 51.1 Å². The van der Waals surface area contributed by atoms with E-state index >= 15 is 0 Å². The van der Waals surface area contributed by atoms with Gasteiger partial charge in [-0.2, -0.15) is 0 Å². The van der Waals surface area contributed by atoms with Gasteiger partial charge in [0.25, 0.3) is 6.47 Å². The van der Waals surface area contributed by atoms with Gasteiger partial charge in [-0.05, 0) is 71.3 Å². The Morgan fingerprint density at radius 1 is 0.583 bits per heavy atom. The molecular formula is C41H34O7. The molecule has 0 bridgehead atoms. The Kier molecular flexibility index (Phi) is 13.4. The maximum atomic E-state index is 11.2. The van der Waals surface area contributed by atoms with Gasteiger partial charge in [0, 0.05) is 52.8 Å². The van der Waals surface area contributed by atoms with Crippen LogP contribution < -0.4 is 4.74 Å². The van der Waals surface area contributed by atoms with Crippen LogP contribution in [-0.2, 0) is 54.6 Å². The molecule has 7 heteroatoms. The average molecular weight is 639 g/mol. The number of benzene rings is 4. The molecule has 0 aliphatic heterocycles. The van der Waals surface area contributed by atoms with Crippen LogP contribution >= 0.6 is 0 Å². The predicted molar refractivity (Wildman–Crippen MR) is 183 cm³/mol. The molecule has 0 spiro atoms. The average Bonchev–Trinajstić information content (AvgIpc) is 3.13. The summed E-state index contributed by atoms with van der Waals surface area (Å²) in [6.45, 7) is 8.13. The zero-order chi connectivity index (χ0) is 34.0. The molecule has 0 unspecified atom stereocenters. The summed E-state index contributed by atoms with van der Waals surface area (Å²) in [5.41, 5.74) is 7.06. The van der Waals surface area contributed by atoms with Gasteiger partial charge in [0.2, 0.25) is 0 Å². The minimum Gasteiger partial charge on any atom is -0.488 e. The zero-order valence-corrected chi connectivity index (χ0v) is 26.4. The zero-order valence-electron chi connectivity index (χ0n) is 26.4. The van der Waals surface area contributed by atoms with Crippen molar-refractivity contribution in [2.45, 2.75) is 26.1 Å². The van der Waals surface area contributed by atoms with Crippen molar-refractivity contribution in [3.63, 3.8) is 0 Å². The van der Waals surface area contributed by atoms with Crippen molar-refractivity contribution in [2.24, 2.45) is 0 Å². The normalized spacial score (nSPS) is 9.83. The molecule has 7 nitrogen and oxygen atoms in total. The Balaban J connectivity index is 1.32. The summed E-state index contributed by atoms with van der Waals surface area (Å²) in [4.78, 5) is 33.3. The monoisotopic (exact) mass is 638 g/mol. The molecule has 0 fully saturated rings. The molecule has 0 saturated heterocycles. The standard InChI is InChI=1S/C41H34O7/c1-3-40(43)46-25-23-34-11-7-31(8-12-34)5-6-33-16-19-37(20-17-33)28-48-39-22-21-36(27-38(39)29-45-30-42)18-15-32-9-13-35(14-10-32)24-26-47-41(44)4-2/h3-4,7-14,16-17,19-22,27,30H,1-2,23-26,28-29H2. The maximum Gasteiger partial charge on any atom is 0.330 e. The van der Waals surface area contributed by atoms with Gasteiger partial charge < -0.3 is 18.9 Å². The SMILES string of the molecule is C=CC(=O)OCCc1ccc(C#Cc2ccc(COc3ccc(C#Cc4ccc(CCOC(=O)C=C)cc4)cc3COC=O)cc2)cc1. The summed E-state index contributed by atoms with van der Waals surface area (Å²) >= 11 is 0. The second kappa shape index (κ2) is 18.6. The van der Waals surface area contributed by atoms with Gasteiger partial charge in [-0.15, -0.1) is 0 Å². The van der Waals surface area contributed by atoms with Crippen molar-refractivity contribution in [2.75, 3.05) is 13.2 Å². The second-order valence-corrected chi connectivity index (χ2v) is 10.4. The molecule has 0 aromatic heterocycles. The highest BCUT2D eigenvalue weighted by Crippen LogP contribution is 2.22. The van der Waals surface area contributed by atoms with E-state index in [1.165, 1.54) is 0 Å². The first-order valence-corrected chi connectivity index (χ1v) is 15.2. The van der Waals surface area contributed by atoms with Crippen molar-refractivity contribution >= 4 is 18.4 Å². The predicted octanol–water partition coefficient (Wildman–Crippen LogP) is 6.28. The van der Waals surface area contributed by atoms with E-state index in [1.807, 2.05) is 91.0 Å². The molecular weight excluding hydrogens is 604 g/mol. The molecule has 0 radical (unpaired) electrons. The molecule has 240 valence electrons. The lowest BCUT2D eigenvalue weighted by Crippen LogP contribution is -2.04. The molecule has 0 amide bonds. The number of hydrogen-bond donors (Lipinski definition) is 0. The van der Waals surface area contributed by atoms with Crippen LogP contribution in [0.2, 0.25) is 0 Å². The molecule has 0 saturated carbocycles. The Morgan fingerprint density at radius 3 is 1.48 bits per heavy atom. The Labute approximate surface area is 280 Å². The highest BCUT2D eigenvalue weighted by atomic mass is 16.5. The first-order chi connectivity index (χ1) is 23.4. The van der Waals surface area contributed by atoms with Gasteiger partial charge in [0.1, 0.15) is 19.0 Å². The number of esters is 2. The molecule has 0 N–H and O–H groups in total. The molecule has 0 heterocycles. The number of rotatable bonds is 14. The van der Waals surface area contributed by atoms with Crippen molar-refractivity contribution in [3.05, 3.63) is 161 Å². The van der Waals surface area contributed by atoms with Crippen LogP contribution in [0.4, 0.5) is 0 Å². The molecule has 4 rings (SSSR count). The van der Waals surface area contributed by atoms with Crippen LogP contribution in [0.1, 0.15) is 44.5 Å². The van der Waals surface area contributed by atoms with E-state index in [1.54, 1.807) is 0 Å². The van der Waals surface area contributed by atoms with Gasteiger partial charge in [-0.1, -0.05) is 73.2 Å². The fourth-order valence-corrected chi connectivity index (χ4v) is 4.33. The summed E-state index contributed by atoms with van der Waals surface area (Å²) < 4.78 is 21.2. The van der Waals surface area contributed by atoms with Gasteiger partial charge in [0.15, 0.2) is 0 Å². The maximum absolute atomic E-state index is 11.2. The minimum atomic E-state index is -0.438. The molecule has 0 aliphatic carbocycles. The molecule has 0 aliphatic rings. The van der Waals surface area contributed by atoms with Crippen molar-refractivity contribution in [1.29, 1.82) is 0 Å². The Bertz CT molecular complexity index is 1850. The van der Waals surface area contributed by atoms with Crippen LogP contribution in [0.3, 0.4) is 0 Å². The van der Waals surface area contributed by atoms with Gasteiger partial charge in [0.05, 0.1) is 13.2 Å². The van der Waals surface area contributed by atoms with Crippen LogP contribution in [0.25, 0.3) is 0 Å².